The number of morpholine rings is 1. The second-order valence-corrected chi connectivity index (χ2v) is 10.8. The summed E-state index contributed by atoms with van der Waals surface area (Å²) in [5, 5.41) is 2.93. The summed E-state index contributed by atoms with van der Waals surface area (Å²) in [6, 6.07) is 14.5. The minimum Gasteiger partial charge on any atom is -0.379 e. The van der Waals surface area contributed by atoms with Crippen molar-refractivity contribution >= 4 is 15.9 Å². The van der Waals surface area contributed by atoms with Crippen molar-refractivity contribution in [2.24, 2.45) is 0 Å². The van der Waals surface area contributed by atoms with Gasteiger partial charge in [-0.25, -0.2) is 8.42 Å². The van der Waals surface area contributed by atoms with Gasteiger partial charge in [0.25, 0.3) is 5.91 Å². The Morgan fingerprint density at radius 1 is 1.03 bits per heavy atom. The van der Waals surface area contributed by atoms with E-state index in [1.54, 1.807) is 22.5 Å². The number of nitrogens with zero attached hydrogens (tertiary/aromatic N) is 2. The van der Waals surface area contributed by atoms with Crippen molar-refractivity contribution in [2.75, 3.05) is 32.8 Å². The van der Waals surface area contributed by atoms with Crippen LogP contribution in [-0.4, -0.2) is 62.4 Å². The van der Waals surface area contributed by atoms with E-state index in [0.29, 0.717) is 18.7 Å². The Morgan fingerprint density at radius 2 is 1.79 bits per heavy atom. The van der Waals surface area contributed by atoms with E-state index >= 15 is 0 Å². The number of amides is 1. The Hall–Kier alpha value is -2.26. The van der Waals surface area contributed by atoms with Gasteiger partial charge >= 0.3 is 0 Å². The van der Waals surface area contributed by atoms with Crippen LogP contribution in [0.5, 0.6) is 0 Å². The summed E-state index contributed by atoms with van der Waals surface area (Å²) in [6.07, 6.45) is 2.78. The van der Waals surface area contributed by atoms with Gasteiger partial charge in [-0.15, -0.1) is 0 Å². The number of hydrogen-bond donors (Lipinski definition) is 1. The smallest absolute Gasteiger partial charge is 0.251 e. The topological polar surface area (TPSA) is 79.0 Å². The molecule has 7 nitrogen and oxygen atoms in total. The molecule has 0 radical (unpaired) electrons. The SMILES string of the molecule is CC1CCCCN1S(=O)(=O)c1cccc(C(=O)NCc2cccc(CN3CCOCC3)c2)c1. The monoisotopic (exact) mass is 471 g/mol. The second kappa shape index (κ2) is 10.8. The van der Waals surface area contributed by atoms with Gasteiger partial charge < -0.3 is 10.1 Å². The minimum absolute atomic E-state index is 0.0222. The average molecular weight is 472 g/mol. The Balaban J connectivity index is 1.40. The molecule has 33 heavy (non-hydrogen) atoms. The number of rotatable bonds is 7. The van der Waals surface area contributed by atoms with E-state index in [4.69, 9.17) is 4.74 Å². The van der Waals surface area contributed by atoms with Gasteiger partial charge in [-0.05, 0) is 49.1 Å². The lowest BCUT2D eigenvalue weighted by Crippen LogP contribution is -2.42. The largest absolute Gasteiger partial charge is 0.379 e. The quantitative estimate of drug-likeness (QED) is 0.672. The minimum atomic E-state index is -3.61. The number of piperidine rings is 1. The molecule has 2 aromatic rings. The Morgan fingerprint density at radius 3 is 2.58 bits per heavy atom. The predicted octanol–water partition coefficient (Wildman–Crippen LogP) is 3.01. The normalized spacial score (nSPS) is 20.5. The zero-order valence-electron chi connectivity index (χ0n) is 19.2. The van der Waals surface area contributed by atoms with Crippen LogP contribution in [0.4, 0.5) is 0 Å². The number of carbonyl (C=O) groups is 1. The van der Waals surface area contributed by atoms with E-state index in [2.05, 4.69) is 22.3 Å². The Labute approximate surface area is 196 Å². The molecule has 0 saturated carbocycles. The molecule has 178 valence electrons. The van der Waals surface area contributed by atoms with Crippen LogP contribution in [0.3, 0.4) is 0 Å². The average Bonchev–Trinajstić information content (AvgIpc) is 2.84. The van der Waals surface area contributed by atoms with Crippen LogP contribution < -0.4 is 5.32 Å². The van der Waals surface area contributed by atoms with Crippen molar-refractivity contribution in [2.45, 2.75) is 50.2 Å². The first-order valence-corrected chi connectivity index (χ1v) is 13.2. The molecule has 4 rings (SSSR count). The molecule has 1 amide bonds. The number of nitrogens with one attached hydrogen (secondary N) is 1. The number of ether oxygens (including phenoxy) is 1. The maximum Gasteiger partial charge on any atom is 0.251 e. The van der Waals surface area contributed by atoms with Crippen LogP contribution in [0, 0.1) is 0 Å². The summed E-state index contributed by atoms with van der Waals surface area (Å²) in [4.78, 5) is 15.3. The molecule has 0 aliphatic carbocycles. The first-order valence-electron chi connectivity index (χ1n) is 11.7. The summed E-state index contributed by atoms with van der Waals surface area (Å²) < 4.78 is 33.2. The van der Waals surface area contributed by atoms with Crippen molar-refractivity contribution in [1.29, 1.82) is 0 Å². The Bertz CT molecular complexity index is 1070. The van der Waals surface area contributed by atoms with Crippen LogP contribution in [0.25, 0.3) is 0 Å². The lowest BCUT2D eigenvalue weighted by molar-refractivity contribution is 0.0342. The maximum absolute atomic E-state index is 13.1. The molecule has 1 atom stereocenters. The fourth-order valence-electron chi connectivity index (χ4n) is 4.50. The fourth-order valence-corrected chi connectivity index (χ4v) is 6.25. The molecule has 0 bridgehead atoms. The molecule has 2 fully saturated rings. The molecule has 2 heterocycles. The third-order valence-electron chi connectivity index (χ3n) is 6.40. The zero-order chi connectivity index (χ0) is 23.3. The molecule has 0 spiro atoms. The lowest BCUT2D eigenvalue weighted by atomic mass is 10.1. The van der Waals surface area contributed by atoms with Gasteiger partial charge in [-0.1, -0.05) is 36.8 Å². The van der Waals surface area contributed by atoms with Gasteiger partial charge in [-0.2, -0.15) is 4.31 Å². The van der Waals surface area contributed by atoms with Crippen LogP contribution in [-0.2, 0) is 27.8 Å². The van der Waals surface area contributed by atoms with Gasteiger partial charge in [0.15, 0.2) is 0 Å². The van der Waals surface area contributed by atoms with Crippen LogP contribution in [0.1, 0.15) is 47.7 Å². The molecular weight excluding hydrogens is 438 g/mol. The maximum atomic E-state index is 13.1. The van der Waals surface area contributed by atoms with Gasteiger partial charge in [0.1, 0.15) is 0 Å². The van der Waals surface area contributed by atoms with E-state index < -0.39 is 10.0 Å². The highest BCUT2D eigenvalue weighted by atomic mass is 32.2. The standard InChI is InChI=1S/C25H33N3O4S/c1-20-6-2-3-11-28(20)33(30,31)24-10-5-9-23(17-24)25(29)26-18-21-7-4-8-22(16-21)19-27-12-14-32-15-13-27/h4-5,7-10,16-17,20H,2-3,6,11-15,18-19H2,1H3,(H,26,29). The Kier molecular flexibility index (Phi) is 7.80. The van der Waals surface area contributed by atoms with E-state index in [1.807, 2.05) is 19.1 Å². The van der Waals surface area contributed by atoms with Crippen molar-refractivity contribution < 1.29 is 17.9 Å². The summed E-state index contributed by atoms with van der Waals surface area (Å²) >= 11 is 0. The number of sulfonamides is 1. The van der Waals surface area contributed by atoms with Gasteiger partial charge in [0.2, 0.25) is 10.0 Å². The molecule has 1 N–H and O–H groups in total. The van der Waals surface area contributed by atoms with Crippen molar-refractivity contribution in [3.8, 4) is 0 Å². The fraction of sp³-hybridized carbons (Fsp3) is 0.480. The summed E-state index contributed by atoms with van der Waals surface area (Å²) in [5.41, 5.74) is 2.57. The highest BCUT2D eigenvalue weighted by molar-refractivity contribution is 7.89. The number of benzene rings is 2. The highest BCUT2D eigenvalue weighted by Gasteiger charge is 2.31. The third-order valence-corrected chi connectivity index (χ3v) is 8.41. The van der Waals surface area contributed by atoms with E-state index in [9.17, 15) is 13.2 Å². The van der Waals surface area contributed by atoms with Crippen LogP contribution >= 0.6 is 0 Å². The molecule has 8 heteroatoms. The second-order valence-electron chi connectivity index (χ2n) is 8.88. The molecular formula is C25H33N3O4S. The van der Waals surface area contributed by atoms with E-state index in [1.165, 1.54) is 11.6 Å². The summed E-state index contributed by atoms with van der Waals surface area (Å²) in [5.74, 6) is -0.280. The third kappa shape index (κ3) is 6.00. The van der Waals surface area contributed by atoms with E-state index in [-0.39, 0.29) is 16.8 Å². The summed E-state index contributed by atoms with van der Waals surface area (Å²) in [6.45, 7) is 7.10. The first-order chi connectivity index (χ1) is 15.9. The van der Waals surface area contributed by atoms with Crippen LogP contribution in [0.15, 0.2) is 53.4 Å². The molecule has 2 saturated heterocycles. The zero-order valence-corrected chi connectivity index (χ0v) is 20.0. The van der Waals surface area contributed by atoms with Gasteiger partial charge in [-0.3, -0.25) is 9.69 Å². The van der Waals surface area contributed by atoms with Gasteiger partial charge in [0.05, 0.1) is 18.1 Å². The van der Waals surface area contributed by atoms with Crippen molar-refractivity contribution in [1.82, 2.24) is 14.5 Å². The van der Waals surface area contributed by atoms with Gasteiger partial charge in [0, 0.05) is 44.3 Å². The first kappa shape index (κ1) is 23.9. The van der Waals surface area contributed by atoms with Crippen LogP contribution in [0.2, 0.25) is 0 Å². The number of carbonyl (C=O) groups excluding carboxylic acids is 1. The molecule has 1 unspecified atom stereocenters. The molecule has 2 aliphatic heterocycles. The lowest BCUT2D eigenvalue weighted by Gasteiger charge is -2.32. The van der Waals surface area contributed by atoms with Crippen molar-refractivity contribution in [3.63, 3.8) is 0 Å². The highest BCUT2D eigenvalue weighted by Crippen LogP contribution is 2.25. The predicted molar refractivity (Wildman–Crippen MR) is 127 cm³/mol. The molecule has 2 aliphatic rings. The summed E-state index contributed by atoms with van der Waals surface area (Å²) in [7, 11) is -3.61. The van der Waals surface area contributed by atoms with E-state index in [0.717, 1.165) is 57.7 Å². The molecule has 2 aromatic carbocycles. The van der Waals surface area contributed by atoms with Crippen molar-refractivity contribution in [3.05, 3.63) is 65.2 Å². The molecule has 0 aromatic heterocycles. The number of hydrogen-bond acceptors (Lipinski definition) is 5.